The largest absolute Gasteiger partial charge is 0.359 e. The predicted molar refractivity (Wildman–Crippen MR) is 86.4 cm³/mol. The van der Waals surface area contributed by atoms with Gasteiger partial charge in [0.2, 0.25) is 0 Å². The van der Waals surface area contributed by atoms with Crippen LogP contribution in [0.1, 0.15) is 20.8 Å². The summed E-state index contributed by atoms with van der Waals surface area (Å²) in [4.78, 5) is 0. The molecule has 0 saturated carbocycles. The van der Waals surface area contributed by atoms with E-state index in [1.807, 2.05) is 0 Å². The van der Waals surface area contributed by atoms with Crippen molar-refractivity contribution >= 4 is 11.4 Å². The Morgan fingerprint density at radius 1 is 0.297 bits per heavy atom. The molecule has 0 heterocycles. The van der Waals surface area contributed by atoms with Gasteiger partial charge in [-0.05, 0) is 0 Å². The van der Waals surface area contributed by atoms with Crippen LogP contribution in [0.4, 0.5) is 0 Å². The van der Waals surface area contributed by atoms with E-state index in [-0.39, 0.29) is 731 Å². The van der Waals surface area contributed by atoms with Crippen LogP contribution in [0.25, 0.3) is 0 Å². The van der Waals surface area contributed by atoms with Gasteiger partial charge in [0.15, 0.2) is 0 Å². The number of nitrogens with zero attached hydrogens (tertiary/aromatic N) is 2. The second-order valence-corrected chi connectivity index (χ2v) is 1.67. The fourth-order valence-corrected chi connectivity index (χ4v) is 0.171. The van der Waals surface area contributed by atoms with Gasteiger partial charge in [-0.1, -0.05) is 13.8 Å². The first kappa shape index (κ1) is 220. The maximum absolute atomic E-state index is 3.66. The summed E-state index contributed by atoms with van der Waals surface area (Å²) in [6, 6.07) is 0. The second-order valence-electron chi connectivity index (χ2n) is 1.67. The van der Waals surface area contributed by atoms with Gasteiger partial charge in [0.25, 0.3) is 0 Å². The Morgan fingerprint density at radius 2 is 0.351 bits per heavy atom. The summed E-state index contributed by atoms with van der Waals surface area (Å²) in [6.07, 6.45) is 0. The predicted octanol–water partition coefficient (Wildman–Crippen LogP) is 4.98. The average molecular weight is 2100 g/mol. The fraction of sp³-hybridized carbons (Fsp3) is 0.214. The van der Waals surface area contributed by atoms with Crippen LogP contribution in [0, 0.1) is 65.3 Å². The van der Waals surface area contributed by atoms with Crippen molar-refractivity contribution in [3.8, 4) is 0 Å². The van der Waals surface area contributed by atoms with Gasteiger partial charge < -0.3 is 65.3 Å². The van der Waals surface area contributed by atoms with Crippen LogP contribution < -0.4 is 0 Å². The smallest absolute Gasteiger partial charge is 0 e. The van der Waals surface area contributed by atoms with E-state index in [1.165, 1.54) is 0 Å². The summed E-state index contributed by atoms with van der Waals surface area (Å²) < 4.78 is 0. The molecule has 171 valence electrons. The minimum Gasteiger partial charge on any atom is -0.359 e. The normalized spacial score (nSPS) is 3.24. The van der Waals surface area contributed by atoms with Crippen molar-refractivity contribution in [3.05, 3.63) is 65.3 Å². The molecule has 2 nitrogen and oxygen atoms in total. The van der Waals surface area contributed by atoms with E-state index in [4.69, 9.17) is 0 Å². The molecule has 37 heavy (non-hydrogen) atoms. The zero-order valence-corrected chi connectivity index (χ0v) is 84.7. The van der Waals surface area contributed by atoms with Crippen molar-refractivity contribution in [1.82, 2.24) is 0 Å². The Hall–Kier alpha value is 22.3. The molecule has 0 fully saturated rings. The Kier molecular flexibility index (Phi) is 1240. The van der Waals surface area contributed by atoms with Gasteiger partial charge in [0.05, 0.1) is 0 Å². The molecule has 0 bridgehead atoms. The first-order valence-electron chi connectivity index (χ1n) is 3.06. The van der Waals surface area contributed by atoms with Gasteiger partial charge in [0, 0.05) is 687 Å². The quantitative estimate of drug-likeness (QED) is 0.202. The van der Waals surface area contributed by atoms with E-state index >= 15 is 0 Å². The van der Waals surface area contributed by atoms with E-state index < -0.39 is 0 Å². The summed E-state index contributed by atoms with van der Waals surface area (Å²) in [7, 11) is 0. The molecule has 0 saturated heterocycles. The third kappa shape index (κ3) is 248. The molecule has 0 aliphatic rings. The molecule has 0 aliphatic heterocycles. The van der Waals surface area contributed by atoms with Crippen molar-refractivity contribution in [2.75, 3.05) is 0 Å². The molecule has 0 aliphatic carbocycles. The van der Waals surface area contributed by atoms with Crippen molar-refractivity contribution in [3.63, 3.8) is 0 Å². The van der Waals surface area contributed by atoms with E-state index in [0.29, 0.717) is 11.4 Å². The minimum absolute atomic E-state index is 0. The Balaban J connectivity index is -0.000000000800. The molecular formula is C14H33N2Y21-9. The van der Waals surface area contributed by atoms with Gasteiger partial charge in [-0.25, -0.2) is 0 Å². The molecule has 0 amide bonds. The fourth-order valence-electron chi connectivity index (χ4n) is 0.171. The van der Waals surface area contributed by atoms with Crippen LogP contribution in [-0.2, 0) is 687 Å². The van der Waals surface area contributed by atoms with Crippen LogP contribution in [-0.4, -0.2) is 11.4 Å². The molecule has 0 atom stereocenters. The van der Waals surface area contributed by atoms with Gasteiger partial charge in [-0.15, -0.1) is 11.4 Å². The molecule has 0 N–H and O–H groups in total. The monoisotopic (exact) mass is 2100 g/mol. The summed E-state index contributed by atoms with van der Waals surface area (Å²) in [6.45, 7) is 15.6. The van der Waals surface area contributed by atoms with Crippen LogP contribution in [0.3, 0.4) is 0 Å². The first-order valence-corrected chi connectivity index (χ1v) is 3.06. The van der Waals surface area contributed by atoms with Gasteiger partial charge in [-0.2, -0.15) is 17.1 Å². The van der Waals surface area contributed by atoms with E-state index in [1.54, 1.807) is 20.8 Å². The molecule has 0 aromatic rings. The Bertz CT molecular complexity index is 137. The third-order valence-corrected chi connectivity index (χ3v) is 0.391. The average Bonchev–Trinajstić information content (AvgIpc) is 1.89. The molecule has 0 unspecified atom stereocenters. The van der Waals surface area contributed by atoms with Gasteiger partial charge in [0.1, 0.15) is 0 Å². The standard InChI is InChI=1S/C6H10N2.C2H5.6CH3.21Y/c1-5(2)7-8-6(3)4;1-2;;;;;;;;;;;;;;;;;;;;;;;;;;;/h1,3H2,2,4H3;1H2,2H3;6*1H3;;;;;;;;;;;;;;;;;;;;;/q-2;7*-1;;;;;;;;;;;;;;;;;;;;;/b7-5-,8-6-;;;;;;;;;;;;;;;;;;;;;;;;;;;;. The summed E-state index contributed by atoms with van der Waals surface area (Å²) >= 11 is 0. The summed E-state index contributed by atoms with van der Waals surface area (Å²) in [5.41, 5.74) is 1.40. The molecule has 0 aromatic carbocycles. The second kappa shape index (κ2) is 209. The van der Waals surface area contributed by atoms with Gasteiger partial charge in [-0.3, -0.25) is 0 Å². The first-order chi connectivity index (χ1) is 4.63. The third-order valence-electron chi connectivity index (χ3n) is 0.391. The zero-order valence-electron chi connectivity index (χ0n) is 25.1. The Morgan fingerprint density at radius 3 is 0.378 bits per heavy atom. The molecule has 0 aromatic heterocycles. The summed E-state index contributed by atoms with van der Waals surface area (Å²) in [5, 5.41) is 7.31. The number of rotatable bonds is 1. The Labute approximate surface area is 767 Å². The van der Waals surface area contributed by atoms with Crippen LogP contribution >= 0.6 is 0 Å². The van der Waals surface area contributed by atoms with Crippen molar-refractivity contribution < 1.29 is 687 Å². The van der Waals surface area contributed by atoms with E-state index in [9.17, 15) is 0 Å². The molecule has 23 heteroatoms. The summed E-state index contributed by atoms with van der Waals surface area (Å²) in [5.74, 6) is 0. The minimum atomic E-state index is 0. The SMILES string of the molecule is [CH2-]/C(C)=N/N=C(/[CH2-])C.[CH2-]C.[CH3-].[CH3-].[CH3-].[CH3-].[CH3-].[CH3-].[Y].[Y].[Y].[Y].[Y].[Y].[Y].[Y].[Y].[Y].[Y].[Y].[Y].[Y].[Y].[Y].[Y].[Y].[Y].[Y].[Y]. The van der Waals surface area contributed by atoms with E-state index in [2.05, 4.69) is 31.0 Å². The number of hydrogen-bond acceptors (Lipinski definition) is 2. The number of hydrogen-bond donors (Lipinski definition) is 0. The van der Waals surface area contributed by atoms with Gasteiger partial charge >= 0.3 is 0 Å². The molecular weight excluding hydrogens is 2060 g/mol. The van der Waals surface area contributed by atoms with Crippen molar-refractivity contribution in [2.45, 2.75) is 20.8 Å². The maximum atomic E-state index is 3.66. The molecule has 0 spiro atoms. The van der Waals surface area contributed by atoms with Crippen LogP contribution in [0.5, 0.6) is 0 Å². The zero-order chi connectivity index (χ0) is 8.57. The topological polar surface area (TPSA) is 24.7 Å². The van der Waals surface area contributed by atoms with E-state index in [0.717, 1.165) is 0 Å². The van der Waals surface area contributed by atoms with Crippen LogP contribution in [0.2, 0.25) is 0 Å². The molecule has 21 radical (unpaired) electrons. The van der Waals surface area contributed by atoms with Crippen molar-refractivity contribution in [2.24, 2.45) is 10.2 Å². The van der Waals surface area contributed by atoms with Crippen LogP contribution in [0.15, 0.2) is 10.2 Å². The maximum Gasteiger partial charge on any atom is 0 e. The molecule has 0 rings (SSSR count). The van der Waals surface area contributed by atoms with Crippen molar-refractivity contribution in [1.29, 1.82) is 0 Å².